The average molecular weight is 410 g/mol. The quantitative estimate of drug-likeness (QED) is 0.580. The lowest BCUT2D eigenvalue weighted by Crippen LogP contribution is -2.33. The smallest absolute Gasteiger partial charge is 0.241 e. The van der Waals surface area contributed by atoms with Crippen LogP contribution in [0.2, 0.25) is 0 Å². The van der Waals surface area contributed by atoms with E-state index in [0.29, 0.717) is 47.1 Å². The first-order valence-electron chi connectivity index (χ1n) is 10.0. The van der Waals surface area contributed by atoms with Crippen LogP contribution in [0.1, 0.15) is 36.8 Å². The molecule has 158 valence electrons. The third kappa shape index (κ3) is 3.95. The van der Waals surface area contributed by atoms with Gasteiger partial charge in [0.25, 0.3) is 0 Å². The van der Waals surface area contributed by atoms with Crippen molar-refractivity contribution in [3.8, 4) is 28.6 Å². The van der Waals surface area contributed by atoms with Crippen molar-refractivity contribution in [2.45, 2.75) is 31.8 Å². The molecule has 0 radical (unpaired) electrons. The summed E-state index contributed by atoms with van der Waals surface area (Å²) in [5.74, 6) is 2.61. The van der Waals surface area contributed by atoms with Crippen LogP contribution in [-0.2, 0) is 6.54 Å². The second kappa shape index (κ2) is 9.13. The van der Waals surface area contributed by atoms with Crippen molar-refractivity contribution in [1.82, 2.24) is 20.0 Å². The number of piperidine rings is 1. The molecule has 2 aromatic heterocycles. The van der Waals surface area contributed by atoms with Crippen LogP contribution in [0.25, 0.3) is 11.4 Å². The Morgan fingerprint density at radius 1 is 1.07 bits per heavy atom. The van der Waals surface area contributed by atoms with Gasteiger partial charge in [-0.2, -0.15) is 4.98 Å². The van der Waals surface area contributed by atoms with Crippen molar-refractivity contribution in [2.24, 2.45) is 0 Å². The number of hydrogen-bond acceptors (Lipinski definition) is 8. The third-order valence-electron chi connectivity index (χ3n) is 5.43. The van der Waals surface area contributed by atoms with E-state index >= 15 is 0 Å². The topological polar surface area (TPSA) is 82.7 Å². The SMILES string of the molecule is COc1ccc(-c2noc(CN3CCCCC3c3cccnc3)n2)c(OC)c1OC. The third-order valence-corrected chi connectivity index (χ3v) is 5.43. The first-order valence-corrected chi connectivity index (χ1v) is 10.0. The van der Waals surface area contributed by atoms with Gasteiger partial charge in [0.05, 0.1) is 33.4 Å². The second-order valence-electron chi connectivity index (χ2n) is 7.16. The zero-order valence-electron chi connectivity index (χ0n) is 17.5. The monoisotopic (exact) mass is 410 g/mol. The van der Waals surface area contributed by atoms with Crippen molar-refractivity contribution in [3.63, 3.8) is 0 Å². The van der Waals surface area contributed by atoms with E-state index in [2.05, 4.69) is 26.1 Å². The Labute approximate surface area is 175 Å². The number of rotatable bonds is 7. The van der Waals surface area contributed by atoms with Gasteiger partial charge in [-0.05, 0) is 43.1 Å². The van der Waals surface area contributed by atoms with Crippen molar-refractivity contribution < 1.29 is 18.7 Å². The fourth-order valence-corrected chi connectivity index (χ4v) is 4.01. The number of pyridine rings is 1. The maximum atomic E-state index is 5.59. The molecule has 30 heavy (non-hydrogen) atoms. The van der Waals surface area contributed by atoms with Crippen molar-refractivity contribution in [3.05, 3.63) is 48.1 Å². The summed E-state index contributed by atoms with van der Waals surface area (Å²) in [6.45, 7) is 1.57. The molecule has 0 aliphatic carbocycles. The maximum absolute atomic E-state index is 5.59. The van der Waals surface area contributed by atoms with Crippen molar-refractivity contribution in [1.29, 1.82) is 0 Å². The van der Waals surface area contributed by atoms with E-state index in [0.717, 1.165) is 19.4 Å². The van der Waals surface area contributed by atoms with Gasteiger partial charge in [0, 0.05) is 18.4 Å². The number of likely N-dealkylation sites (tertiary alicyclic amines) is 1. The van der Waals surface area contributed by atoms with E-state index in [1.807, 2.05) is 18.3 Å². The molecule has 1 fully saturated rings. The van der Waals surface area contributed by atoms with Gasteiger partial charge in [-0.25, -0.2) is 0 Å². The van der Waals surface area contributed by atoms with E-state index in [4.69, 9.17) is 18.7 Å². The fourth-order valence-electron chi connectivity index (χ4n) is 4.01. The molecule has 1 aromatic carbocycles. The highest BCUT2D eigenvalue weighted by Crippen LogP contribution is 2.43. The molecule has 0 N–H and O–H groups in total. The Balaban J connectivity index is 1.59. The molecule has 4 rings (SSSR count). The Morgan fingerprint density at radius 2 is 1.93 bits per heavy atom. The lowest BCUT2D eigenvalue weighted by Gasteiger charge is -2.34. The van der Waals surface area contributed by atoms with E-state index in [1.165, 1.54) is 12.0 Å². The van der Waals surface area contributed by atoms with Gasteiger partial charge in [0.2, 0.25) is 17.5 Å². The summed E-state index contributed by atoms with van der Waals surface area (Å²) in [4.78, 5) is 11.3. The molecule has 0 spiro atoms. The average Bonchev–Trinajstić information content (AvgIpc) is 3.27. The lowest BCUT2D eigenvalue weighted by atomic mass is 9.96. The molecular formula is C22H26N4O4. The standard InChI is InChI=1S/C22H26N4O4/c1-27-18-10-9-16(20(28-2)21(18)29-3)22-24-19(30-25-22)14-26-12-5-4-8-17(26)15-7-6-11-23-13-15/h6-7,9-11,13,17H,4-5,8,12,14H2,1-3H3. The molecule has 8 nitrogen and oxygen atoms in total. The highest BCUT2D eigenvalue weighted by Gasteiger charge is 2.27. The summed E-state index contributed by atoms with van der Waals surface area (Å²) in [5, 5.41) is 4.19. The van der Waals surface area contributed by atoms with Crippen LogP contribution in [0, 0.1) is 0 Å². The molecular weight excluding hydrogens is 384 g/mol. The van der Waals surface area contributed by atoms with Gasteiger partial charge in [-0.3, -0.25) is 9.88 Å². The molecule has 1 aliphatic rings. The number of aromatic nitrogens is 3. The predicted octanol–water partition coefficient (Wildman–Crippen LogP) is 3.88. The van der Waals surface area contributed by atoms with Gasteiger partial charge in [-0.15, -0.1) is 0 Å². The Hall–Kier alpha value is -3.13. The van der Waals surface area contributed by atoms with Crippen molar-refractivity contribution >= 4 is 0 Å². The summed E-state index contributed by atoms with van der Waals surface area (Å²) in [5.41, 5.74) is 1.91. The van der Waals surface area contributed by atoms with Crippen LogP contribution in [0.5, 0.6) is 17.2 Å². The maximum Gasteiger partial charge on any atom is 0.241 e. The van der Waals surface area contributed by atoms with Crippen LogP contribution < -0.4 is 14.2 Å². The lowest BCUT2D eigenvalue weighted by molar-refractivity contribution is 0.123. The highest BCUT2D eigenvalue weighted by atomic mass is 16.5. The first kappa shape index (κ1) is 20.2. The molecule has 1 atom stereocenters. The number of ether oxygens (including phenoxy) is 3. The highest BCUT2D eigenvalue weighted by molar-refractivity contribution is 5.72. The molecule has 3 heterocycles. The summed E-state index contributed by atoms with van der Waals surface area (Å²) >= 11 is 0. The Kier molecular flexibility index (Phi) is 6.13. The van der Waals surface area contributed by atoms with Crippen LogP contribution in [0.4, 0.5) is 0 Å². The predicted molar refractivity (Wildman–Crippen MR) is 111 cm³/mol. The fraction of sp³-hybridized carbons (Fsp3) is 0.409. The summed E-state index contributed by atoms with van der Waals surface area (Å²) in [7, 11) is 4.73. The molecule has 1 aliphatic heterocycles. The molecule has 1 saturated heterocycles. The zero-order valence-corrected chi connectivity index (χ0v) is 17.5. The normalized spacial score (nSPS) is 17.0. The molecule has 3 aromatic rings. The Bertz CT molecular complexity index is 977. The van der Waals surface area contributed by atoms with Gasteiger partial charge >= 0.3 is 0 Å². The van der Waals surface area contributed by atoms with Gasteiger partial charge in [0.1, 0.15) is 0 Å². The number of nitrogens with zero attached hydrogens (tertiary/aromatic N) is 4. The van der Waals surface area contributed by atoms with Gasteiger partial charge in [0.15, 0.2) is 11.5 Å². The molecule has 1 unspecified atom stereocenters. The number of methoxy groups -OCH3 is 3. The number of benzene rings is 1. The zero-order chi connectivity index (χ0) is 20.9. The minimum atomic E-state index is 0.304. The van der Waals surface area contributed by atoms with E-state index in [9.17, 15) is 0 Å². The summed E-state index contributed by atoms with van der Waals surface area (Å²) in [6, 6.07) is 8.06. The molecule has 0 bridgehead atoms. The molecule has 0 amide bonds. The van der Waals surface area contributed by atoms with Crippen LogP contribution in [0.3, 0.4) is 0 Å². The molecule has 0 saturated carbocycles. The van der Waals surface area contributed by atoms with E-state index < -0.39 is 0 Å². The number of hydrogen-bond donors (Lipinski definition) is 0. The largest absolute Gasteiger partial charge is 0.493 e. The Morgan fingerprint density at radius 3 is 2.67 bits per heavy atom. The summed E-state index contributed by atoms with van der Waals surface area (Å²) < 4.78 is 22.0. The van der Waals surface area contributed by atoms with Gasteiger partial charge < -0.3 is 18.7 Å². The van der Waals surface area contributed by atoms with Gasteiger partial charge in [-0.1, -0.05) is 17.6 Å². The summed E-state index contributed by atoms with van der Waals surface area (Å²) in [6.07, 6.45) is 7.19. The van der Waals surface area contributed by atoms with E-state index in [-0.39, 0.29) is 0 Å². The minimum Gasteiger partial charge on any atom is -0.493 e. The second-order valence-corrected chi connectivity index (χ2v) is 7.16. The van der Waals surface area contributed by atoms with Crippen LogP contribution in [-0.4, -0.2) is 47.9 Å². The van der Waals surface area contributed by atoms with E-state index in [1.54, 1.807) is 33.6 Å². The molecule has 8 heteroatoms. The van der Waals surface area contributed by atoms with Crippen LogP contribution >= 0.6 is 0 Å². The minimum absolute atomic E-state index is 0.304. The van der Waals surface area contributed by atoms with Crippen molar-refractivity contribution in [2.75, 3.05) is 27.9 Å². The first-order chi connectivity index (χ1) is 14.7. The van der Waals surface area contributed by atoms with Crippen LogP contribution in [0.15, 0.2) is 41.2 Å².